The average Bonchev–Trinajstić information content (AvgIpc) is 2.33. The Morgan fingerprint density at radius 2 is 2.55 bits per heavy atom. The topological polar surface area (TPSA) is 61.7 Å². The lowest BCUT2D eigenvalue weighted by molar-refractivity contribution is 0.325. The summed E-state index contributed by atoms with van der Waals surface area (Å²) in [5, 5.41) is 15.1. The van der Waals surface area contributed by atoms with Crippen molar-refractivity contribution in [3.05, 3.63) is 9.26 Å². The van der Waals surface area contributed by atoms with Crippen molar-refractivity contribution in [3.8, 4) is 11.9 Å². The van der Waals surface area contributed by atoms with Crippen LogP contribution >= 0.6 is 22.6 Å². The highest BCUT2D eigenvalue weighted by Gasteiger charge is 2.10. The van der Waals surface area contributed by atoms with E-state index in [1.165, 1.54) is 0 Å². The molecule has 0 aromatic carbocycles. The Morgan fingerprint density at radius 3 is 3.09 bits per heavy atom. The molecule has 1 heterocycles. The van der Waals surface area contributed by atoms with Gasteiger partial charge in [-0.1, -0.05) is 0 Å². The fourth-order valence-electron chi connectivity index (χ4n) is 0.644. The Kier molecular flexibility index (Phi) is 2.70. The van der Waals surface area contributed by atoms with Crippen LogP contribution in [0.2, 0.25) is 0 Å². The molecule has 0 aliphatic rings. The third-order valence-corrected chi connectivity index (χ3v) is 1.86. The number of nitrogens with zero attached hydrogens (tertiary/aromatic N) is 2. The number of aromatic nitrogens is 2. The number of hydrogen-bond donors (Lipinski definition) is 1. The van der Waals surface area contributed by atoms with E-state index in [4.69, 9.17) is 10.00 Å². The van der Waals surface area contributed by atoms with Gasteiger partial charge in [0.15, 0.2) is 0 Å². The van der Waals surface area contributed by atoms with Crippen molar-refractivity contribution >= 4 is 22.6 Å². The van der Waals surface area contributed by atoms with Crippen molar-refractivity contribution in [3.63, 3.8) is 0 Å². The first-order valence-corrected chi connectivity index (χ1v) is 4.14. The SMILES string of the molecule is CCOc1n[nH]c(I)c1C#N. The van der Waals surface area contributed by atoms with E-state index in [2.05, 4.69) is 10.2 Å². The molecule has 4 nitrogen and oxygen atoms in total. The van der Waals surface area contributed by atoms with E-state index in [1.54, 1.807) is 0 Å². The van der Waals surface area contributed by atoms with E-state index in [9.17, 15) is 0 Å². The molecule has 11 heavy (non-hydrogen) atoms. The van der Waals surface area contributed by atoms with Crippen LogP contribution < -0.4 is 4.74 Å². The van der Waals surface area contributed by atoms with Crippen LogP contribution in [0.3, 0.4) is 0 Å². The highest BCUT2D eigenvalue weighted by Crippen LogP contribution is 2.18. The second kappa shape index (κ2) is 3.57. The molecule has 0 saturated heterocycles. The molecule has 1 N–H and O–H groups in total. The van der Waals surface area contributed by atoms with Crippen LogP contribution in [-0.2, 0) is 0 Å². The lowest BCUT2D eigenvalue weighted by Gasteiger charge is -1.95. The highest BCUT2D eigenvalue weighted by molar-refractivity contribution is 14.1. The van der Waals surface area contributed by atoms with Gasteiger partial charge in [-0.2, -0.15) is 5.26 Å². The maximum atomic E-state index is 8.62. The molecule has 0 atom stereocenters. The zero-order valence-electron chi connectivity index (χ0n) is 5.89. The number of halogens is 1. The van der Waals surface area contributed by atoms with E-state index < -0.39 is 0 Å². The van der Waals surface area contributed by atoms with Crippen molar-refractivity contribution in [2.75, 3.05) is 6.61 Å². The molecule has 0 amide bonds. The minimum Gasteiger partial charge on any atom is -0.476 e. The summed E-state index contributed by atoms with van der Waals surface area (Å²) < 4.78 is 5.80. The summed E-state index contributed by atoms with van der Waals surface area (Å²) >= 11 is 2.00. The Balaban J connectivity index is 2.98. The molecule has 1 aromatic rings. The molecule has 0 saturated carbocycles. The van der Waals surface area contributed by atoms with Crippen molar-refractivity contribution in [2.24, 2.45) is 0 Å². The van der Waals surface area contributed by atoms with Gasteiger partial charge in [-0.05, 0) is 29.5 Å². The molecule has 0 aliphatic carbocycles. The standard InChI is InChI=1S/C6H6IN3O/c1-2-11-6-4(3-8)5(7)9-10-6/h2H2,1H3,(H,9,10). The summed E-state index contributed by atoms with van der Waals surface area (Å²) in [4.78, 5) is 0. The van der Waals surface area contributed by atoms with E-state index in [1.807, 2.05) is 35.6 Å². The minimum atomic E-state index is 0.388. The minimum absolute atomic E-state index is 0.388. The molecule has 0 fully saturated rings. The predicted molar refractivity (Wildman–Crippen MR) is 47.2 cm³/mol. The molecule has 58 valence electrons. The molecule has 0 spiro atoms. The Hall–Kier alpha value is -0.770. The molecular formula is C6H6IN3O. The largest absolute Gasteiger partial charge is 0.476 e. The smallest absolute Gasteiger partial charge is 0.251 e. The molecule has 0 aliphatic heterocycles. The molecular weight excluding hydrogens is 257 g/mol. The predicted octanol–water partition coefficient (Wildman–Crippen LogP) is 1.28. The van der Waals surface area contributed by atoms with Gasteiger partial charge in [0, 0.05) is 0 Å². The van der Waals surface area contributed by atoms with Gasteiger partial charge in [0.2, 0.25) is 0 Å². The number of nitrogens with one attached hydrogen (secondary N) is 1. The lowest BCUT2D eigenvalue weighted by Crippen LogP contribution is -1.93. The Morgan fingerprint density at radius 1 is 1.82 bits per heavy atom. The number of nitriles is 1. The fraction of sp³-hybridized carbons (Fsp3) is 0.333. The molecule has 5 heteroatoms. The fourth-order valence-corrected chi connectivity index (χ4v) is 1.12. The summed E-state index contributed by atoms with van der Waals surface area (Å²) in [6, 6.07) is 2.00. The van der Waals surface area contributed by atoms with Crippen LogP contribution in [0.25, 0.3) is 0 Å². The van der Waals surface area contributed by atoms with Gasteiger partial charge in [0.05, 0.1) is 6.61 Å². The number of ether oxygens (including phenoxy) is 1. The van der Waals surface area contributed by atoms with Gasteiger partial charge in [0.25, 0.3) is 5.88 Å². The zero-order valence-corrected chi connectivity index (χ0v) is 8.05. The van der Waals surface area contributed by atoms with Crippen LogP contribution in [0, 0.1) is 15.0 Å². The molecule has 0 radical (unpaired) electrons. The molecule has 1 rings (SSSR count). The summed E-state index contributed by atoms with van der Waals surface area (Å²) in [7, 11) is 0. The van der Waals surface area contributed by atoms with E-state index in [-0.39, 0.29) is 0 Å². The normalized spacial score (nSPS) is 9.18. The lowest BCUT2D eigenvalue weighted by atomic mass is 10.4. The summed E-state index contributed by atoms with van der Waals surface area (Å²) in [5.74, 6) is 0.388. The van der Waals surface area contributed by atoms with Crippen LogP contribution in [0.4, 0.5) is 0 Å². The number of aromatic amines is 1. The van der Waals surface area contributed by atoms with E-state index >= 15 is 0 Å². The average molecular weight is 263 g/mol. The summed E-state index contributed by atoms with van der Waals surface area (Å²) in [6.45, 7) is 2.37. The van der Waals surface area contributed by atoms with Gasteiger partial charge in [-0.15, -0.1) is 5.10 Å². The van der Waals surface area contributed by atoms with E-state index in [0.29, 0.717) is 21.8 Å². The first-order valence-electron chi connectivity index (χ1n) is 3.06. The first-order chi connectivity index (χ1) is 5.29. The van der Waals surface area contributed by atoms with Crippen LogP contribution in [0.15, 0.2) is 0 Å². The van der Waals surface area contributed by atoms with Gasteiger partial charge in [-0.3, -0.25) is 5.10 Å². The van der Waals surface area contributed by atoms with Gasteiger partial charge in [0.1, 0.15) is 15.3 Å². The summed E-state index contributed by atoms with van der Waals surface area (Å²) in [5.41, 5.74) is 0.479. The van der Waals surface area contributed by atoms with E-state index in [0.717, 1.165) is 0 Å². The second-order valence-electron chi connectivity index (χ2n) is 1.76. The zero-order chi connectivity index (χ0) is 8.27. The molecule has 0 bridgehead atoms. The van der Waals surface area contributed by atoms with Crippen molar-refractivity contribution in [1.82, 2.24) is 10.2 Å². The third kappa shape index (κ3) is 1.63. The van der Waals surface area contributed by atoms with Crippen LogP contribution in [-0.4, -0.2) is 16.8 Å². The maximum absolute atomic E-state index is 8.62. The number of H-pyrrole nitrogens is 1. The van der Waals surface area contributed by atoms with Crippen molar-refractivity contribution in [2.45, 2.75) is 6.92 Å². The van der Waals surface area contributed by atoms with Crippen LogP contribution in [0.5, 0.6) is 5.88 Å². The quantitative estimate of drug-likeness (QED) is 0.817. The number of rotatable bonds is 2. The van der Waals surface area contributed by atoms with Gasteiger partial charge < -0.3 is 4.74 Å². The molecule has 0 unspecified atom stereocenters. The Labute approximate surface area is 77.7 Å². The molecule has 1 aromatic heterocycles. The third-order valence-electron chi connectivity index (χ3n) is 1.08. The van der Waals surface area contributed by atoms with Gasteiger partial charge in [-0.25, -0.2) is 0 Å². The second-order valence-corrected chi connectivity index (χ2v) is 2.84. The Bertz CT molecular complexity index is 289. The van der Waals surface area contributed by atoms with Crippen molar-refractivity contribution in [1.29, 1.82) is 5.26 Å². The summed E-state index contributed by atoms with van der Waals surface area (Å²) in [6.07, 6.45) is 0. The highest BCUT2D eigenvalue weighted by atomic mass is 127. The number of hydrogen-bond acceptors (Lipinski definition) is 3. The van der Waals surface area contributed by atoms with Crippen LogP contribution in [0.1, 0.15) is 12.5 Å². The van der Waals surface area contributed by atoms with Crippen molar-refractivity contribution < 1.29 is 4.74 Å². The monoisotopic (exact) mass is 263 g/mol. The first kappa shape index (κ1) is 8.33. The van der Waals surface area contributed by atoms with Gasteiger partial charge >= 0.3 is 0 Å². The maximum Gasteiger partial charge on any atom is 0.251 e.